The van der Waals surface area contributed by atoms with E-state index in [9.17, 15) is 0 Å². The van der Waals surface area contributed by atoms with Crippen molar-refractivity contribution in [3.63, 3.8) is 0 Å². The third kappa shape index (κ3) is 9.07. The number of hydrogen-bond acceptors (Lipinski definition) is 1. The van der Waals surface area contributed by atoms with E-state index in [1.54, 1.807) is 0 Å². The summed E-state index contributed by atoms with van der Waals surface area (Å²) < 4.78 is 0. The Morgan fingerprint density at radius 2 is 2.00 bits per heavy atom. The summed E-state index contributed by atoms with van der Waals surface area (Å²) in [4.78, 5) is 0. The van der Waals surface area contributed by atoms with E-state index in [2.05, 4.69) is 13.2 Å². The fourth-order valence-corrected chi connectivity index (χ4v) is 0.612. The van der Waals surface area contributed by atoms with Gasteiger partial charge in [0, 0.05) is 32.7 Å². The summed E-state index contributed by atoms with van der Waals surface area (Å²) in [6.07, 6.45) is 3.44. The largest absolute Gasteiger partial charge is 0.165 e. The van der Waals surface area contributed by atoms with Gasteiger partial charge in [-0.1, -0.05) is 6.92 Å². The fraction of sp³-hybridized carbons (Fsp3) is 1.00. The normalized spacial score (nSPS) is 7.00. The molecule has 0 aliphatic carbocycles. The quantitative estimate of drug-likeness (QED) is 0.622. The van der Waals surface area contributed by atoms with Crippen LogP contribution in [0.3, 0.4) is 0 Å². The van der Waals surface area contributed by atoms with Gasteiger partial charge in [-0.15, -0.1) is 0 Å². The van der Waals surface area contributed by atoms with E-state index in [0.717, 1.165) is 0 Å². The third-order valence-corrected chi connectivity index (χ3v) is 1.22. The summed E-state index contributed by atoms with van der Waals surface area (Å²) in [5.41, 5.74) is 0. The predicted octanol–water partition coefficient (Wildman–Crippen LogP) is 1.76. The topological polar surface area (TPSA) is 0 Å². The van der Waals surface area contributed by atoms with Crippen molar-refractivity contribution in [3.8, 4) is 0 Å². The first-order chi connectivity index (χ1) is 2.41. The molecule has 0 unspecified atom stereocenters. The maximum Gasteiger partial charge on any atom is 0 e. The zero-order valence-corrected chi connectivity index (χ0v) is 8.05. The van der Waals surface area contributed by atoms with Crippen LogP contribution in [-0.4, -0.2) is 12.0 Å². The van der Waals surface area contributed by atoms with Crippen molar-refractivity contribution in [2.75, 3.05) is 12.0 Å². The second-order valence-corrected chi connectivity index (χ2v) is 1.98. The van der Waals surface area contributed by atoms with E-state index in [1.165, 1.54) is 12.2 Å². The summed E-state index contributed by atoms with van der Waals surface area (Å²) in [6, 6.07) is 0. The van der Waals surface area contributed by atoms with Crippen molar-refractivity contribution in [1.29, 1.82) is 0 Å². The molecule has 6 heavy (non-hydrogen) atoms. The summed E-state index contributed by atoms with van der Waals surface area (Å²) in [7, 11) is 0. The predicted molar refractivity (Wildman–Crippen MR) is 28.7 cm³/mol. The van der Waals surface area contributed by atoms with Crippen molar-refractivity contribution < 1.29 is 32.7 Å². The van der Waals surface area contributed by atoms with Gasteiger partial charge < -0.3 is 0 Å². The van der Waals surface area contributed by atoms with Gasteiger partial charge in [0.05, 0.1) is 0 Å². The maximum absolute atomic E-state index is 2.19. The smallest absolute Gasteiger partial charge is 0 e. The van der Waals surface area contributed by atoms with Gasteiger partial charge in [-0.2, -0.15) is 11.8 Å². The minimum absolute atomic E-state index is 0. The molecule has 2 heteroatoms. The van der Waals surface area contributed by atoms with Crippen LogP contribution in [0.25, 0.3) is 0 Å². The van der Waals surface area contributed by atoms with E-state index in [-0.39, 0.29) is 32.7 Å². The Morgan fingerprint density at radius 1 is 1.50 bits per heavy atom. The summed E-state index contributed by atoms with van der Waals surface area (Å²) >= 11 is 1.90. The van der Waals surface area contributed by atoms with Gasteiger partial charge >= 0.3 is 0 Å². The van der Waals surface area contributed by atoms with E-state index in [0.29, 0.717) is 0 Å². The molecule has 0 spiro atoms. The Labute approximate surface area is 69.3 Å². The van der Waals surface area contributed by atoms with Crippen LogP contribution in [-0.2, 0) is 32.7 Å². The Balaban J connectivity index is 0. The molecule has 0 heterocycles. The van der Waals surface area contributed by atoms with Crippen LogP contribution < -0.4 is 0 Å². The van der Waals surface area contributed by atoms with E-state index in [4.69, 9.17) is 0 Å². The van der Waals surface area contributed by atoms with Crippen LogP contribution in [0.1, 0.15) is 13.3 Å². The molecule has 0 aliphatic rings. The molecule has 0 amide bonds. The fourth-order valence-electron chi connectivity index (χ4n) is 0.204. The summed E-state index contributed by atoms with van der Waals surface area (Å²) in [5.74, 6) is 1.31. The molecule has 0 aromatic rings. The van der Waals surface area contributed by atoms with Crippen molar-refractivity contribution in [2.24, 2.45) is 0 Å². The Hall–Kier alpha value is 1.45. The second kappa shape index (κ2) is 9.68. The molecule has 0 saturated heterocycles. The molecule has 35 valence electrons. The van der Waals surface area contributed by atoms with Gasteiger partial charge in [-0.05, 0) is 18.4 Å². The van der Waals surface area contributed by atoms with E-state index < -0.39 is 0 Å². The van der Waals surface area contributed by atoms with Crippen LogP contribution in [0.4, 0.5) is 0 Å². The Morgan fingerprint density at radius 3 is 2.00 bits per heavy atom. The zero-order chi connectivity index (χ0) is 4.12. The van der Waals surface area contributed by atoms with Crippen LogP contribution in [0, 0.1) is 0 Å². The number of hydrogen-bond donors (Lipinski definition) is 0. The number of thioether (sulfide) groups is 1. The SMILES string of the molecule is CCCSC.[Y]. The van der Waals surface area contributed by atoms with Gasteiger partial charge in [-0.25, -0.2) is 0 Å². The average molecular weight is 179 g/mol. The van der Waals surface area contributed by atoms with Crippen molar-refractivity contribution >= 4 is 11.8 Å². The molecule has 0 aromatic heterocycles. The summed E-state index contributed by atoms with van der Waals surface area (Å²) in [5, 5.41) is 0. The van der Waals surface area contributed by atoms with Crippen LogP contribution in [0.15, 0.2) is 0 Å². The van der Waals surface area contributed by atoms with Crippen molar-refractivity contribution in [3.05, 3.63) is 0 Å². The Bertz CT molecular complexity index is 15.0. The molecule has 0 atom stereocenters. The van der Waals surface area contributed by atoms with Gasteiger partial charge in [0.1, 0.15) is 0 Å². The van der Waals surface area contributed by atoms with Crippen molar-refractivity contribution in [1.82, 2.24) is 0 Å². The molecule has 0 aromatic carbocycles. The maximum atomic E-state index is 2.19. The molecule has 0 fully saturated rings. The number of rotatable bonds is 2. The van der Waals surface area contributed by atoms with Gasteiger partial charge in [0.25, 0.3) is 0 Å². The monoisotopic (exact) mass is 179 g/mol. The van der Waals surface area contributed by atoms with Crippen LogP contribution in [0.2, 0.25) is 0 Å². The Kier molecular flexibility index (Phi) is 16.8. The standard InChI is InChI=1S/C4H10S.Y/c1-3-4-5-2;/h3-4H2,1-2H3;. The van der Waals surface area contributed by atoms with Gasteiger partial charge in [0.2, 0.25) is 0 Å². The first-order valence-electron chi connectivity index (χ1n) is 1.90. The van der Waals surface area contributed by atoms with Gasteiger partial charge in [0.15, 0.2) is 0 Å². The zero-order valence-electron chi connectivity index (χ0n) is 4.40. The van der Waals surface area contributed by atoms with Crippen molar-refractivity contribution in [2.45, 2.75) is 13.3 Å². The molecule has 0 nitrogen and oxygen atoms in total. The molecule has 0 N–H and O–H groups in total. The van der Waals surface area contributed by atoms with Crippen LogP contribution in [0.5, 0.6) is 0 Å². The van der Waals surface area contributed by atoms with Gasteiger partial charge in [-0.3, -0.25) is 0 Å². The summed E-state index contributed by atoms with van der Waals surface area (Å²) in [6.45, 7) is 2.19. The minimum Gasteiger partial charge on any atom is -0.165 e. The first-order valence-corrected chi connectivity index (χ1v) is 3.30. The van der Waals surface area contributed by atoms with E-state index in [1.807, 2.05) is 11.8 Å². The molecule has 0 aliphatic heterocycles. The third-order valence-electron chi connectivity index (χ3n) is 0.408. The molecule has 0 bridgehead atoms. The first kappa shape index (κ1) is 10.4. The average Bonchev–Trinajstić information content (AvgIpc) is 1.41. The molecular formula is C4H10SY. The minimum atomic E-state index is 0. The second-order valence-electron chi connectivity index (χ2n) is 0.993. The molecule has 1 radical (unpaired) electrons. The van der Waals surface area contributed by atoms with Crippen LogP contribution >= 0.6 is 11.8 Å². The molecule has 0 saturated carbocycles. The molecular weight excluding hydrogens is 169 g/mol. The molecule has 0 rings (SSSR count). The van der Waals surface area contributed by atoms with E-state index >= 15 is 0 Å².